The second-order valence-electron chi connectivity index (χ2n) is 16.5. The number of aryl methyl sites for hydroxylation is 3. The van der Waals surface area contributed by atoms with Crippen molar-refractivity contribution in [2.24, 2.45) is 21.1 Å². The van der Waals surface area contributed by atoms with E-state index in [1.54, 1.807) is 45.0 Å². The molecular formula is C48H41FI3N7O17. The highest BCUT2D eigenvalue weighted by Gasteiger charge is 2.21. The number of amides is 1. The summed E-state index contributed by atoms with van der Waals surface area (Å²) in [6.45, 7) is 4.25. The van der Waals surface area contributed by atoms with Gasteiger partial charge in [0.05, 0.1) is 0 Å². The summed E-state index contributed by atoms with van der Waals surface area (Å²) in [7, 11) is 4.31. The molecule has 2 aromatic carbocycles. The smallest absolute Gasteiger partial charge is 0.423 e. The molecule has 0 bridgehead atoms. The van der Waals surface area contributed by atoms with Crippen LogP contribution in [0.15, 0.2) is 115 Å². The maximum atomic E-state index is 12.8. The molecule has 0 spiro atoms. The quantitative estimate of drug-likeness (QED) is 0.0968. The zero-order valence-electron chi connectivity index (χ0n) is 40.6. The van der Waals surface area contributed by atoms with Gasteiger partial charge in [-0.25, -0.2) is 62.5 Å². The number of ether oxygens (including phenoxy) is 5. The number of aromatic nitrogens is 6. The molecule has 0 saturated heterocycles. The van der Waals surface area contributed by atoms with Gasteiger partial charge in [0.1, 0.15) is 52.3 Å². The van der Waals surface area contributed by atoms with Gasteiger partial charge in [0, 0.05) is 73.7 Å². The molecule has 0 aliphatic carbocycles. The van der Waals surface area contributed by atoms with Gasteiger partial charge in [-0.3, -0.25) is 13.7 Å². The van der Waals surface area contributed by atoms with Crippen LogP contribution in [0.25, 0.3) is 33.1 Å². The van der Waals surface area contributed by atoms with Crippen LogP contribution in [0, 0.1) is 16.5 Å². The fourth-order valence-corrected chi connectivity index (χ4v) is 8.19. The highest BCUT2D eigenvalue weighted by atomic mass is 127. The number of para-hydroxylation sites is 1. The summed E-state index contributed by atoms with van der Waals surface area (Å²) in [4.78, 5) is 119. The van der Waals surface area contributed by atoms with Gasteiger partial charge in [0.25, 0.3) is 0 Å². The van der Waals surface area contributed by atoms with Crippen LogP contribution in [0.5, 0.6) is 11.5 Å². The molecule has 1 N–H and O–H groups in total. The number of carbonyl (C=O) groups is 3. The molecule has 0 saturated carbocycles. The SMILES string of the molecule is Cn1c(=O)oc(=O)c2c(CNC(=O)OC(C)(C)C)c(I)cnc21.Cn1c(=O)oc(=O)c2c(COC(=O)COc3ccc(F)cc3)c(I)cnc21.Cn1c(=O)oc(=O)c2c(COC(=O)COc3ccccc3)c(I)cnc21. The number of benzene rings is 2. The normalized spacial score (nSPS) is 11.0. The first-order chi connectivity index (χ1) is 35.9. The molecule has 398 valence electrons. The van der Waals surface area contributed by atoms with Crippen molar-refractivity contribution < 1.29 is 55.7 Å². The molecule has 8 rings (SSSR count). The maximum Gasteiger partial charge on any atom is 0.423 e. The Morgan fingerprint density at radius 1 is 0.579 bits per heavy atom. The molecule has 1 amide bonds. The number of alkyl carbamates (subject to hydrolysis) is 1. The van der Waals surface area contributed by atoms with E-state index in [1.165, 1.54) is 64.0 Å². The van der Waals surface area contributed by atoms with Crippen LogP contribution in [0.3, 0.4) is 0 Å². The number of pyridine rings is 3. The van der Waals surface area contributed by atoms with Crippen molar-refractivity contribution in [1.29, 1.82) is 0 Å². The van der Waals surface area contributed by atoms with E-state index in [1.807, 2.05) is 73.8 Å². The van der Waals surface area contributed by atoms with E-state index >= 15 is 0 Å². The van der Waals surface area contributed by atoms with E-state index in [0.717, 1.165) is 13.7 Å². The summed E-state index contributed by atoms with van der Waals surface area (Å²) >= 11 is 5.91. The average molecular weight is 1390 g/mol. The third-order valence-corrected chi connectivity index (χ3v) is 12.9. The predicted molar refractivity (Wildman–Crippen MR) is 291 cm³/mol. The Kier molecular flexibility index (Phi) is 19.4. The number of nitrogens with zero attached hydrogens (tertiary/aromatic N) is 6. The molecule has 0 aliphatic rings. The molecule has 0 fully saturated rings. The second-order valence-corrected chi connectivity index (χ2v) is 20.0. The fraction of sp³-hybridized carbons (Fsp3) is 0.250. The first-order valence-electron chi connectivity index (χ1n) is 21.8. The molecule has 0 unspecified atom stereocenters. The minimum atomic E-state index is -0.854. The number of esters is 2. The summed E-state index contributed by atoms with van der Waals surface area (Å²) in [5, 5.41) is 2.92. The minimum absolute atomic E-state index is 0.0508. The van der Waals surface area contributed by atoms with E-state index in [9.17, 15) is 47.5 Å². The Morgan fingerprint density at radius 3 is 1.34 bits per heavy atom. The largest absolute Gasteiger partial charge is 0.482 e. The molecule has 76 heavy (non-hydrogen) atoms. The molecule has 0 atom stereocenters. The summed E-state index contributed by atoms with van der Waals surface area (Å²) in [6, 6.07) is 14.0. The molecular weight excluding hydrogens is 1350 g/mol. The van der Waals surface area contributed by atoms with E-state index in [-0.39, 0.29) is 59.5 Å². The van der Waals surface area contributed by atoms with Gasteiger partial charge in [-0.05, 0) is 125 Å². The number of fused-ring (bicyclic) bond motifs is 3. The van der Waals surface area contributed by atoms with Crippen molar-refractivity contribution in [1.82, 2.24) is 34.0 Å². The van der Waals surface area contributed by atoms with Crippen LogP contribution in [0.1, 0.15) is 37.5 Å². The van der Waals surface area contributed by atoms with Crippen LogP contribution in [-0.4, -0.2) is 65.5 Å². The summed E-state index contributed by atoms with van der Waals surface area (Å²) < 4.78 is 58.1. The van der Waals surface area contributed by atoms with Crippen molar-refractivity contribution >= 4 is 119 Å². The summed E-state index contributed by atoms with van der Waals surface area (Å²) in [5.41, 5.74) is -1.26. The molecule has 8 aromatic rings. The Labute approximate surface area is 466 Å². The van der Waals surface area contributed by atoms with E-state index in [2.05, 4.69) is 33.5 Å². The van der Waals surface area contributed by atoms with Crippen LogP contribution in [0.4, 0.5) is 9.18 Å². The minimum Gasteiger partial charge on any atom is -0.482 e. The second kappa shape index (κ2) is 25.5. The lowest BCUT2D eigenvalue weighted by atomic mass is 10.2. The molecule has 6 aromatic heterocycles. The Balaban J connectivity index is 0.000000186. The van der Waals surface area contributed by atoms with Crippen molar-refractivity contribution in [2.45, 2.75) is 46.1 Å². The third kappa shape index (κ3) is 14.7. The topological polar surface area (TPSA) is 305 Å². The number of carbonyl (C=O) groups excluding carboxylic acids is 3. The van der Waals surface area contributed by atoms with Crippen LogP contribution in [0.2, 0.25) is 0 Å². The lowest BCUT2D eigenvalue weighted by Crippen LogP contribution is -2.33. The van der Waals surface area contributed by atoms with Crippen LogP contribution < -0.4 is 48.9 Å². The molecule has 24 nitrogen and oxygen atoms in total. The number of hydrogen-bond acceptors (Lipinski definition) is 20. The lowest BCUT2D eigenvalue weighted by Gasteiger charge is -2.20. The van der Waals surface area contributed by atoms with Crippen molar-refractivity contribution in [2.75, 3.05) is 13.2 Å². The zero-order chi connectivity index (χ0) is 55.6. The van der Waals surface area contributed by atoms with Gasteiger partial charge in [-0.2, -0.15) is 0 Å². The fourth-order valence-electron chi connectivity index (χ4n) is 6.46. The van der Waals surface area contributed by atoms with Gasteiger partial charge >= 0.3 is 52.2 Å². The Hall–Kier alpha value is -7.36. The van der Waals surface area contributed by atoms with E-state index in [4.69, 9.17) is 23.7 Å². The van der Waals surface area contributed by atoms with E-state index < -0.39 is 70.2 Å². The number of hydrogen-bond donors (Lipinski definition) is 1. The standard InChI is InChI=1S/C17H12FIN2O6.C17H13IN2O6.C14H16IN3O5/c1-21-15-14(16(23)27-17(21)24)11(12(19)6-20-15)7-26-13(22)8-25-10-4-2-9(18)3-5-10;1-20-15-14(16(22)26-17(20)23)11(12(18)7-19-15)8-25-13(21)9-24-10-5-3-2-4-6-10;1-14(2,3)23-12(20)17-5-7-8(15)6-16-10-9(7)11(19)22-13(21)18(10)4/h2-6H,7-8H2,1H3;2-7H,8-9H2,1H3;6H,5H2,1-4H3,(H,17,20). The van der Waals surface area contributed by atoms with E-state index in [0.29, 0.717) is 38.9 Å². The van der Waals surface area contributed by atoms with Gasteiger partial charge in [0.15, 0.2) is 30.2 Å². The highest BCUT2D eigenvalue weighted by molar-refractivity contribution is 14.1. The molecule has 0 radical (unpaired) electrons. The first kappa shape index (κ1) is 57.9. The zero-order valence-corrected chi connectivity index (χ0v) is 47.1. The Bertz CT molecular complexity index is 3870. The van der Waals surface area contributed by atoms with Crippen LogP contribution in [-0.2, 0) is 64.7 Å². The first-order valence-corrected chi connectivity index (χ1v) is 25.0. The maximum absolute atomic E-state index is 12.8. The number of rotatable bonds is 12. The van der Waals surface area contributed by atoms with Gasteiger partial charge in [-0.15, -0.1) is 0 Å². The van der Waals surface area contributed by atoms with Crippen molar-refractivity contribution in [3.63, 3.8) is 0 Å². The predicted octanol–water partition coefficient (Wildman–Crippen LogP) is 4.88. The number of nitrogens with one attached hydrogen (secondary N) is 1. The summed E-state index contributed by atoms with van der Waals surface area (Å²) in [6.07, 6.45) is 3.87. The van der Waals surface area contributed by atoms with Gasteiger partial charge in [0.2, 0.25) is 0 Å². The van der Waals surface area contributed by atoms with Crippen molar-refractivity contribution in [3.8, 4) is 11.5 Å². The van der Waals surface area contributed by atoms with Gasteiger partial charge < -0.3 is 42.3 Å². The Morgan fingerprint density at radius 2 is 0.947 bits per heavy atom. The highest BCUT2D eigenvalue weighted by Crippen LogP contribution is 2.22. The third-order valence-electron chi connectivity index (χ3n) is 10.1. The molecule has 6 heterocycles. The number of halogens is 4. The molecule has 28 heteroatoms. The van der Waals surface area contributed by atoms with Crippen molar-refractivity contribution in [3.05, 3.63) is 169 Å². The monoisotopic (exact) mass is 1390 g/mol. The lowest BCUT2D eigenvalue weighted by molar-refractivity contribution is -0.148. The molecule has 0 aliphatic heterocycles. The average Bonchev–Trinajstić information content (AvgIpc) is 3.39. The van der Waals surface area contributed by atoms with Gasteiger partial charge in [-0.1, -0.05) is 18.2 Å². The van der Waals surface area contributed by atoms with Crippen LogP contribution >= 0.6 is 67.8 Å². The summed E-state index contributed by atoms with van der Waals surface area (Å²) in [5.74, 6) is -3.28.